The van der Waals surface area contributed by atoms with E-state index in [1.54, 1.807) is 0 Å². The van der Waals surface area contributed by atoms with Crippen molar-refractivity contribution in [2.24, 2.45) is 0 Å². The quantitative estimate of drug-likeness (QED) is 0.811. The topological polar surface area (TPSA) is 56.5 Å². The third-order valence-corrected chi connectivity index (χ3v) is 2.50. The van der Waals surface area contributed by atoms with E-state index in [0.717, 1.165) is 11.3 Å². The molecule has 0 radical (unpaired) electrons. The Balaban J connectivity index is 2.88. The number of rotatable bonds is 6. The molecule has 0 saturated carbocycles. The number of hydrogen-bond acceptors (Lipinski definition) is 4. The van der Waals surface area contributed by atoms with Crippen LogP contribution in [0.1, 0.15) is 18.5 Å². The molecule has 1 N–H and O–H groups in total. The molecule has 92 valence electrons. The van der Waals surface area contributed by atoms with Crippen LogP contribution in [0.25, 0.3) is 0 Å². The maximum absolute atomic E-state index is 9.18. The van der Waals surface area contributed by atoms with E-state index in [0.29, 0.717) is 13.2 Å². The van der Waals surface area contributed by atoms with E-state index in [4.69, 9.17) is 9.84 Å². The van der Waals surface area contributed by atoms with Crippen molar-refractivity contribution in [2.75, 3.05) is 26.8 Å². The van der Waals surface area contributed by atoms with Crippen molar-refractivity contribution in [1.82, 2.24) is 4.90 Å². The monoisotopic (exact) mass is 234 g/mol. The van der Waals surface area contributed by atoms with E-state index in [1.807, 2.05) is 43.1 Å². The maximum atomic E-state index is 9.18. The molecular weight excluding hydrogens is 216 g/mol. The number of benzene rings is 1. The van der Waals surface area contributed by atoms with Gasteiger partial charge < -0.3 is 9.84 Å². The predicted octanol–water partition coefficient (Wildman–Crippen LogP) is 1.57. The second-order valence-corrected chi connectivity index (χ2v) is 3.74. The van der Waals surface area contributed by atoms with Gasteiger partial charge in [0.05, 0.1) is 19.3 Å². The minimum absolute atomic E-state index is 0.0415. The zero-order chi connectivity index (χ0) is 12.7. The van der Waals surface area contributed by atoms with Crippen molar-refractivity contribution in [3.05, 3.63) is 29.8 Å². The minimum atomic E-state index is -0.359. The fourth-order valence-electron chi connectivity index (χ4n) is 1.66. The predicted molar refractivity (Wildman–Crippen MR) is 65.7 cm³/mol. The number of likely N-dealkylation sites (N-methyl/N-ethyl adjacent to an activating group) is 1. The second-order valence-electron chi connectivity index (χ2n) is 3.74. The molecule has 4 nitrogen and oxygen atoms in total. The van der Waals surface area contributed by atoms with Gasteiger partial charge in [0.25, 0.3) is 0 Å². The molecule has 1 rings (SSSR count). The van der Waals surface area contributed by atoms with Crippen LogP contribution in [0.15, 0.2) is 24.3 Å². The molecule has 1 atom stereocenters. The van der Waals surface area contributed by atoms with Crippen LogP contribution >= 0.6 is 0 Å². The Bertz CT molecular complexity index is 387. The van der Waals surface area contributed by atoms with E-state index in [9.17, 15) is 5.26 Å². The number of aliphatic hydroxyl groups is 1. The number of ether oxygens (including phenoxy) is 1. The van der Waals surface area contributed by atoms with Crippen molar-refractivity contribution in [2.45, 2.75) is 13.0 Å². The summed E-state index contributed by atoms with van der Waals surface area (Å²) < 4.78 is 5.40. The van der Waals surface area contributed by atoms with Crippen molar-refractivity contribution in [3.63, 3.8) is 0 Å². The molecule has 17 heavy (non-hydrogen) atoms. The first kappa shape index (κ1) is 13.5. The lowest BCUT2D eigenvalue weighted by atomic mass is 10.1. The van der Waals surface area contributed by atoms with Gasteiger partial charge in [0, 0.05) is 6.54 Å². The molecule has 1 unspecified atom stereocenters. The number of nitrogens with zero attached hydrogens (tertiary/aromatic N) is 2. The SMILES string of the molecule is CCOc1cccc(C(C#N)N(C)CCO)c1. The van der Waals surface area contributed by atoms with Crippen molar-refractivity contribution < 1.29 is 9.84 Å². The zero-order valence-electron chi connectivity index (χ0n) is 10.3. The van der Waals surface area contributed by atoms with Crippen molar-refractivity contribution >= 4 is 0 Å². The number of aliphatic hydroxyl groups excluding tert-OH is 1. The summed E-state index contributed by atoms with van der Waals surface area (Å²) in [5.41, 5.74) is 0.884. The zero-order valence-corrected chi connectivity index (χ0v) is 10.3. The highest BCUT2D eigenvalue weighted by Crippen LogP contribution is 2.22. The first-order valence-electron chi connectivity index (χ1n) is 5.66. The second kappa shape index (κ2) is 6.89. The standard InChI is InChI=1S/C13H18N2O2/c1-3-17-12-6-4-5-11(9-12)13(10-14)15(2)7-8-16/h4-6,9,13,16H,3,7-8H2,1-2H3. The van der Waals surface area contributed by atoms with E-state index in [2.05, 4.69) is 6.07 Å². The lowest BCUT2D eigenvalue weighted by molar-refractivity contribution is 0.202. The van der Waals surface area contributed by atoms with Gasteiger partial charge in [0.1, 0.15) is 11.8 Å². The van der Waals surface area contributed by atoms with Crippen molar-refractivity contribution in [3.8, 4) is 11.8 Å². The molecule has 0 spiro atoms. The molecule has 0 aromatic heterocycles. The molecule has 0 fully saturated rings. The summed E-state index contributed by atoms with van der Waals surface area (Å²) in [5, 5.41) is 18.1. The van der Waals surface area contributed by atoms with Gasteiger partial charge in [-0.25, -0.2) is 0 Å². The lowest BCUT2D eigenvalue weighted by Crippen LogP contribution is -2.26. The van der Waals surface area contributed by atoms with Crippen LogP contribution in [0.4, 0.5) is 0 Å². The van der Waals surface area contributed by atoms with Crippen molar-refractivity contribution in [1.29, 1.82) is 5.26 Å². The summed E-state index contributed by atoms with van der Waals surface area (Å²) in [7, 11) is 1.82. The Kier molecular flexibility index (Phi) is 5.47. The Morgan fingerprint density at radius 3 is 2.88 bits per heavy atom. The summed E-state index contributed by atoms with van der Waals surface area (Å²) in [4.78, 5) is 1.81. The van der Waals surface area contributed by atoms with Gasteiger partial charge in [-0.05, 0) is 31.7 Å². The highest BCUT2D eigenvalue weighted by Gasteiger charge is 2.16. The van der Waals surface area contributed by atoms with Crippen LogP contribution in [0, 0.1) is 11.3 Å². The summed E-state index contributed by atoms with van der Waals surface area (Å²) in [6, 6.07) is 9.37. The van der Waals surface area contributed by atoms with Crippen LogP contribution in [-0.4, -0.2) is 36.8 Å². The average Bonchev–Trinajstić information content (AvgIpc) is 2.31. The van der Waals surface area contributed by atoms with Gasteiger partial charge in [0.2, 0.25) is 0 Å². The molecule has 0 bridgehead atoms. The van der Waals surface area contributed by atoms with Gasteiger partial charge in [-0.3, -0.25) is 4.90 Å². The molecule has 1 aromatic rings. The maximum Gasteiger partial charge on any atom is 0.123 e. The summed E-state index contributed by atoms with van der Waals surface area (Å²) in [6.07, 6.45) is 0. The summed E-state index contributed by atoms with van der Waals surface area (Å²) in [5.74, 6) is 0.766. The minimum Gasteiger partial charge on any atom is -0.494 e. The molecule has 0 aliphatic carbocycles. The van der Waals surface area contributed by atoms with Gasteiger partial charge in [0.15, 0.2) is 0 Å². The van der Waals surface area contributed by atoms with Crippen LogP contribution in [0.3, 0.4) is 0 Å². The highest BCUT2D eigenvalue weighted by molar-refractivity contribution is 5.33. The average molecular weight is 234 g/mol. The molecule has 4 heteroatoms. The first-order valence-corrected chi connectivity index (χ1v) is 5.66. The Morgan fingerprint density at radius 1 is 1.53 bits per heavy atom. The van der Waals surface area contributed by atoms with Gasteiger partial charge in [-0.15, -0.1) is 0 Å². The van der Waals surface area contributed by atoms with Gasteiger partial charge in [-0.2, -0.15) is 5.26 Å². The van der Waals surface area contributed by atoms with Crippen LogP contribution in [0.2, 0.25) is 0 Å². The molecule has 1 aromatic carbocycles. The smallest absolute Gasteiger partial charge is 0.123 e. The van der Waals surface area contributed by atoms with E-state index in [-0.39, 0.29) is 12.6 Å². The lowest BCUT2D eigenvalue weighted by Gasteiger charge is -2.22. The molecule has 0 heterocycles. The third-order valence-electron chi connectivity index (χ3n) is 2.50. The van der Waals surface area contributed by atoms with E-state index >= 15 is 0 Å². The molecule has 0 saturated heterocycles. The number of nitriles is 1. The molecule has 0 amide bonds. The van der Waals surface area contributed by atoms with E-state index in [1.165, 1.54) is 0 Å². The van der Waals surface area contributed by atoms with Crippen LogP contribution in [-0.2, 0) is 0 Å². The fraction of sp³-hybridized carbons (Fsp3) is 0.462. The molecule has 0 aliphatic heterocycles. The normalized spacial score (nSPS) is 12.2. The Hall–Kier alpha value is -1.57. The van der Waals surface area contributed by atoms with Gasteiger partial charge >= 0.3 is 0 Å². The highest BCUT2D eigenvalue weighted by atomic mass is 16.5. The first-order chi connectivity index (χ1) is 8.22. The Morgan fingerprint density at radius 2 is 2.29 bits per heavy atom. The van der Waals surface area contributed by atoms with Gasteiger partial charge in [-0.1, -0.05) is 12.1 Å². The fourth-order valence-corrected chi connectivity index (χ4v) is 1.66. The van der Waals surface area contributed by atoms with Crippen LogP contribution in [0.5, 0.6) is 5.75 Å². The largest absolute Gasteiger partial charge is 0.494 e. The Labute approximate surface area is 102 Å². The van der Waals surface area contributed by atoms with Crippen LogP contribution < -0.4 is 4.74 Å². The third kappa shape index (κ3) is 3.74. The number of hydrogen-bond donors (Lipinski definition) is 1. The molecular formula is C13H18N2O2. The summed E-state index contributed by atoms with van der Waals surface area (Å²) in [6.45, 7) is 3.04. The molecule has 0 aliphatic rings. The summed E-state index contributed by atoms with van der Waals surface area (Å²) >= 11 is 0. The van der Waals surface area contributed by atoms with E-state index < -0.39 is 0 Å².